The molecule has 0 atom stereocenters. The van der Waals surface area contributed by atoms with Crippen LogP contribution in [0.1, 0.15) is 47.2 Å². The van der Waals surface area contributed by atoms with Crippen LogP contribution in [0.15, 0.2) is 72.4 Å². The summed E-state index contributed by atoms with van der Waals surface area (Å²) < 4.78 is 0. The summed E-state index contributed by atoms with van der Waals surface area (Å²) in [5, 5.41) is 5.80. The van der Waals surface area contributed by atoms with Crippen LogP contribution in [0.25, 0.3) is 22.0 Å². The Hall–Kier alpha value is -2.94. The van der Waals surface area contributed by atoms with Crippen LogP contribution in [-0.4, -0.2) is 10.8 Å². The van der Waals surface area contributed by atoms with Crippen LogP contribution in [0.5, 0.6) is 0 Å². The zero-order chi connectivity index (χ0) is 21.9. The van der Waals surface area contributed by atoms with Gasteiger partial charge in [0, 0.05) is 33.6 Å². The van der Waals surface area contributed by atoms with Crippen LogP contribution in [0, 0.1) is 10.8 Å². The van der Waals surface area contributed by atoms with Gasteiger partial charge in [-0.15, -0.1) is 0 Å². The number of benzene rings is 2. The van der Waals surface area contributed by atoms with E-state index in [2.05, 4.69) is 62.5 Å². The molecule has 0 amide bonds. The van der Waals surface area contributed by atoms with Crippen LogP contribution in [0.2, 0.25) is 0 Å². The maximum atomic E-state index is 12.6. The van der Waals surface area contributed by atoms with Gasteiger partial charge in [-0.05, 0) is 11.5 Å². The highest BCUT2D eigenvalue weighted by Crippen LogP contribution is 2.29. The van der Waals surface area contributed by atoms with E-state index >= 15 is 0 Å². The number of rotatable bonds is 5. The van der Waals surface area contributed by atoms with Gasteiger partial charge in [-0.1, -0.05) is 96.1 Å². The number of hydrogen-bond acceptors (Lipinski definition) is 3. The summed E-state index contributed by atoms with van der Waals surface area (Å²) in [5.41, 5.74) is 3.40. The number of nitrogens with one attached hydrogen (secondary N) is 1. The van der Waals surface area contributed by atoms with Gasteiger partial charge in [0.05, 0.1) is 17.9 Å². The number of hydrogen-bond donors (Lipinski definition) is 1. The summed E-state index contributed by atoms with van der Waals surface area (Å²) in [6.45, 7) is 12.8. The maximum absolute atomic E-state index is 12.6. The molecular weight excluding hydrogens is 368 g/mol. The minimum absolute atomic E-state index is 0.122. The topological polar surface area (TPSA) is 42.0 Å². The Morgan fingerprint density at radius 2 is 1.53 bits per heavy atom. The normalized spacial score (nSPS) is 12.8. The first-order valence-corrected chi connectivity index (χ1v) is 10.5. The number of aromatic nitrogens is 1. The van der Waals surface area contributed by atoms with Gasteiger partial charge in [0.15, 0.2) is 5.78 Å². The summed E-state index contributed by atoms with van der Waals surface area (Å²) in [7, 11) is 0. The van der Waals surface area contributed by atoms with Crippen molar-refractivity contribution in [3.05, 3.63) is 78.1 Å². The molecule has 0 radical (unpaired) electrons. The van der Waals surface area contributed by atoms with Gasteiger partial charge in [0.25, 0.3) is 0 Å². The molecule has 1 aromatic heterocycles. The van der Waals surface area contributed by atoms with Crippen molar-refractivity contribution in [3.8, 4) is 11.3 Å². The zero-order valence-electron chi connectivity index (χ0n) is 18.9. The molecule has 1 N–H and O–H groups in total. The summed E-state index contributed by atoms with van der Waals surface area (Å²) in [5.74, 6) is 0.122. The largest absolute Gasteiger partial charge is 0.382 e. The van der Waals surface area contributed by atoms with E-state index in [1.54, 1.807) is 6.08 Å². The van der Waals surface area contributed by atoms with Crippen molar-refractivity contribution >= 4 is 16.6 Å². The van der Waals surface area contributed by atoms with Crippen LogP contribution < -0.4 is 5.32 Å². The minimum atomic E-state index is -0.403. The number of nitrogens with zero attached hydrogens (tertiary/aromatic N) is 1. The lowest BCUT2D eigenvalue weighted by molar-refractivity contribution is -0.121. The van der Waals surface area contributed by atoms with Gasteiger partial charge in [-0.2, -0.15) is 0 Å². The Kier molecular flexibility index (Phi) is 6.12. The monoisotopic (exact) mass is 400 g/mol. The Bertz CT molecular complexity index is 1070. The van der Waals surface area contributed by atoms with Crippen molar-refractivity contribution in [2.45, 2.75) is 48.1 Å². The number of pyridine rings is 1. The first-order valence-electron chi connectivity index (χ1n) is 10.5. The molecule has 0 aliphatic rings. The molecule has 0 saturated heterocycles. The van der Waals surface area contributed by atoms with Crippen molar-refractivity contribution in [3.63, 3.8) is 0 Å². The second-order valence-electron chi connectivity index (χ2n) is 9.83. The standard InChI is InChI=1S/C27H32N2O/c1-26(2,3)23(17-24(30)27(4,5)6)28-18-21-16-20-14-10-11-15-22(20)25(29-21)19-12-8-7-9-13-19/h7-17,28H,18H2,1-6H3. The second-order valence-corrected chi connectivity index (χ2v) is 9.83. The minimum Gasteiger partial charge on any atom is -0.382 e. The Morgan fingerprint density at radius 3 is 2.17 bits per heavy atom. The van der Waals surface area contributed by atoms with E-state index in [1.807, 2.05) is 45.0 Å². The highest BCUT2D eigenvalue weighted by Gasteiger charge is 2.24. The fraction of sp³-hybridized carbons (Fsp3) is 0.333. The number of allylic oxidation sites excluding steroid dienone is 2. The Labute approximate surface area is 180 Å². The van der Waals surface area contributed by atoms with Crippen molar-refractivity contribution in [2.24, 2.45) is 10.8 Å². The lowest BCUT2D eigenvalue weighted by atomic mass is 9.85. The smallest absolute Gasteiger partial charge is 0.162 e. The predicted octanol–water partition coefficient (Wildman–Crippen LogP) is 6.54. The Balaban J connectivity index is 1.97. The maximum Gasteiger partial charge on any atom is 0.162 e. The summed E-state index contributed by atoms with van der Waals surface area (Å²) >= 11 is 0. The molecule has 0 spiro atoms. The average Bonchev–Trinajstić information content (AvgIpc) is 2.69. The number of fused-ring (bicyclic) bond motifs is 1. The Morgan fingerprint density at radius 1 is 0.900 bits per heavy atom. The summed E-state index contributed by atoms with van der Waals surface area (Å²) in [6.07, 6.45) is 1.76. The molecule has 3 rings (SSSR count). The molecule has 0 aliphatic carbocycles. The van der Waals surface area contributed by atoms with Crippen molar-refractivity contribution in [2.75, 3.05) is 0 Å². The number of carbonyl (C=O) groups is 1. The third kappa shape index (κ3) is 5.15. The lowest BCUT2D eigenvalue weighted by Crippen LogP contribution is -2.28. The van der Waals surface area contributed by atoms with E-state index in [-0.39, 0.29) is 11.2 Å². The van der Waals surface area contributed by atoms with Gasteiger partial charge in [-0.25, -0.2) is 0 Å². The van der Waals surface area contributed by atoms with E-state index in [1.165, 1.54) is 0 Å². The molecule has 3 aromatic rings. The summed E-state index contributed by atoms with van der Waals surface area (Å²) in [6, 6.07) is 20.7. The molecule has 0 saturated carbocycles. The molecule has 156 valence electrons. The molecule has 3 heteroatoms. The quantitative estimate of drug-likeness (QED) is 0.495. The highest BCUT2D eigenvalue weighted by molar-refractivity contribution is 5.95. The van der Waals surface area contributed by atoms with Crippen LogP contribution in [0.3, 0.4) is 0 Å². The molecule has 0 fully saturated rings. The second kappa shape index (κ2) is 8.43. The SMILES string of the molecule is CC(C)(C)C(=O)C=C(NCc1cc2ccccc2c(-c2ccccc2)n1)C(C)(C)C. The fourth-order valence-corrected chi connectivity index (χ4v) is 3.23. The number of ketones is 1. The molecule has 30 heavy (non-hydrogen) atoms. The third-order valence-corrected chi connectivity index (χ3v) is 5.12. The molecule has 0 bridgehead atoms. The van der Waals surface area contributed by atoms with E-state index in [0.29, 0.717) is 6.54 Å². The van der Waals surface area contributed by atoms with Crippen LogP contribution in [-0.2, 0) is 11.3 Å². The lowest BCUT2D eigenvalue weighted by Gasteiger charge is -2.26. The van der Waals surface area contributed by atoms with Crippen molar-refractivity contribution < 1.29 is 4.79 Å². The molecule has 1 heterocycles. The summed E-state index contributed by atoms with van der Waals surface area (Å²) in [4.78, 5) is 17.6. The molecule has 0 aliphatic heterocycles. The van der Waals surface area contributed by atoms with Crippen LogP contribution >= 0.6 is 0 Å². The third-order valence-electron chi connectivity index (χ3n) is 5.12. The van der Waals surface area contributed by atoms with Crippen molar-refractivity contribution in [1.82, 2.24) is 10.3 Å². The molecule has 0 unspecified atom stereocenters. The first kappa shape index (κ1) is 21.8. The van der Waals surface area contributed by atoms with E-state index in [9.17, 15) is 4.79 Å². The van der Waals surface area contributed by atoms with E-state index in [0.717, 1.165) is 33.4 Å². The predicted molar refractivity (Wildman–Crippen MR) is 126 cm³/mol. The van der Waals surface area contributed by atoms with E-state index < -0.39 is 5.41 Å². The molecule has 2 aromatic carbocycles. The first-order chi connectivity index (χ1) is 14.1. The van der Waals surface area contributed by atoms with Crippen LogP contribution in [0.4, 0.5) is 0 Å². The van der Waals surface area contributed by atoms with Gasteiger partial charge in [0.1, 0.15) is 0 Å². The highest BCUT2D eigenvalue weighted by atomic mass is 16.1. The average molecular weight is 401 g/mol. The number of carbonyl (C=O) groups excluding carboxylic acids is 1. The molecule has 3 nitrogen and oxygen atoms in total. The molecular formula is C27H32N2O. The van der Waals surface area contributed by atoms with Gasteiger partial charge >= 0.3 is 0 Å². The van der Waals surface area contributed by atoms with Gasteiger partial charge in [-0.3, -0.25) is 9.78 Å². The van der Waals surface area contributed by atoms with E-state index in [4.69, 9.17) is 4.98 Å². The zero-order valence-corrected chi connectivity index (χ0v) is 18.9. The van der Waals surface area contributed by atoms with Gasteiger partial charge in [0.2, 0.25) is 0 Å². The fourth-order valence-electron chi connectivity index (χ4n) is 3.23. The van der Waals surface area contributed by atoms with Gasteiger partial charge < -0.3 is 5.32 Å². The van der Waals surface area contributed by atoms with Crippen molar-refractivity contribution in [1.29, 1.82) is 0 Å².